The number of carbonyl (C=O) groups is 3. The molecule has 8 heteroatoms. The quantitative estimate of drug-likeness (QED) is 0.452. The standard InChI is InChI=1S/C22H21BrN2O5/c1-29-19-9-6-16(23)11-14(19)5-10-21(27)30-13-20(26)24-18-4-2-3-15(12-18)22(28)25-17-7-8-17/h2-6,9-12,17H,7-8,13H2,1H3,(H,24,26)(H,25,28)/b10-5+. The topological polar surface area (TPSA) is 93.7 Å². The summed E-state index contributed by atoms with van der Waals surface area (Å²) in [6.07, 6.45) is 4.76. The molecule has 2 amide bonds. The van der Waals surface area contributed by atoms with Gasteiger partial charge >= 0.3 is 5.97 Å². The summed E-state index contributed by atoms with van der Waals surface area (Å²) in [6, 6.07) is 12.2. The Bertz CT molecular complexity index is 985. The average Bonchev–Trinajstić information content (AvgIpc) is 3.55. The minimum atomic E-state index is -0.662. The minimum absolute atomic E-state index is 0.173. The summed E-state index contributed by atoms with van der Waals surface area (Å²) in [5.41, 5.74) is 1.60. The number of esters is 1. The lowest BCUT2D eigenvalue weighted by molar-refractivity contribution is -0.142. The predicted octanol–water partition coefficient (Wildman–Crippen LogP) is 3.55. The van der Waals surface area contributed by atoms with Gasteiger partial charge in [0.1, 0.15) is 5.75 Å². The fourth-order valence-electron chi connectivity index (χ4n) is 2.61. The number of hydrogen-bond donors (Lipinski definition) is 2. The third-order valence-electron chi connectivity index (χ3n) is 4.26. The van der Waals surface area contributed by atoms with Crippen LogP contribution in [0.2, 0.25) is 0 Å². The van der Waals surface area contributed by atoms with Gasteiger partial charge in [0, 0.05) is 33.4 Å². The Kier molecular flexibility index (Phi) is 7.24. The molecule has 0 saturated heterocycles. The molecular weight excluding hydrogens is 452 g/mol. The zero-order valence-corrected chi connectivity index (χ0v) is 17.9. The van der Waals surface area contributed by atoms with Crippen molar-refractivity contribution in [2.24, 2.45) is 0 Å². The van der Waals surface area contributed by atoms with Crippen molar-refractivity contribution in [1.29, 1.82) is 0 Å². The number of ether oxygens (including phenoxy) is 2. The first-order valence-corrected chi connectivity index (χ1v) is 10.1. The third kappa shape index (κ3) is 6.45. The van der Waals surface area contributed by atoms with E-state index in [1.54, 1.807) is 42.5 Å². The highest BCUT2D eigenvalue weighted by Crippen LogP contribution is 2.24. The van der Waals surface area contributed by atoms with Crippen molar-refractivity contribution < 1.29 is 23.9 Å². The van der Waals surface area contributed by atoms with Gasteiger partial charge < -0.3 is 20.1 Å². The van der Waals surface area contributed by atoms with Crippen LogP contribution in [0, 0.1) is 0 Å². The summed E-state index contributed by atoms with van der Waals surface area (Å²) >= 11 is 3.36. The van der Waals surface area contributed by atoms with Crippen LogP contribution >= 0.6 is 15.9 Å². The first kappa shape index (κ1) is 21.6. The molecule has 2 aromatic rings. The molecule has 2 aromatic carbocycles. The molecule has 0 spiro atoms. The number of amides is 2. The van der Waals surface area contributed by atoms with E-state index in [1.165, 1.54) is 13.2 Å². The zero-order valence-electron chi connectivity index (χ0n) is 16.3. The number of nitrogens with one attached hydrogen (secondary N) is 2. The molecule has 0 radical (unpaired) electrons. The molecule has 2 N–H and O–H groups in total. The number of hydrogen-bond acceptors (Lipinski definition) is 5. The fourth-order valence-corrected chi connectivity index (χ4v) is 2.99. The van der Waals surface area contributed by atoms with Gasteiger partial charge in [0.25, 0.3) is 11.8 Å². The third-order valence-corrected chi connectivity index (χ3v) is 4.75. The van der Waals surface area contributed by atoms with Gasteiger partial charge in [-0.25, -0.2) is 4.79 Å². The van der Waals surface area contributed by atoms with Gasteiger partial charge in [-0.1, -0.05) is 22.0 Å². The molecule has 0 aliphatic heterocycles. The molecular formula is C22H21BrN2O5. The molecule has 156 valence electrons. The van der Waals surface area contributed by atoms with E-state index in [0.29, 0.717) is 22.6 Å². The van der Waals surface area contributed by atoms with Crippen LogP contribution in [-0.4, -0.2) is 37.5 Å². The normalized spacial score (nSPS) is 13.0. The first-order chi connectivity index (χ1) is 14.4. The Morgan fingerprint density at radius 2 is 1.97 bits per heavy atom. The molecule has 1 fully saturated rings. The highest BCUT2D eigenvalue weighted by Gasteiger charge is 2.23. The largest absolute Gasteiger partial charge is 0.496 e. The number of halogens is 1. The van der Waals surface area contributed by atoms with Crippen molar-refractivity contribution in [2.75, 3.05) is 19.0 Å². The molecule has 0 aromatic heterocycles. The Balaban J connectivity index is 1.50. The van der Waals surface area contributed by atoms with Gasteiger partial charge in [-0.15, -0.1) is 0 Å². The van der Waals surface area contributed by atoms with Crippen molar-refractivity contribution in [3.8, 4) is 5.75 Å². The second kappa shape index (κ2) is 10.1. The first-order valence-electron chi connectivity index (χ1n) is 9.34. The highest BCUT2D eigenvalue weighted by molar-refractivity contribution is 9.10. The Labute approximate surface area is 182 Å². The van der Waals surface area contributed by atoms with Crippen LogP contribution in [0.5, 0.6) is 5.75 Å². The Hall–Kier alpha value is -3.13. The molecule has 0 unspecified atom stereocenters. The van der Waals surface area contributed by atoms with Gasteiger partial charge in [-0.2, -0.15) is 0 Å². The molecule has 0 atom stereocenters. The van der Waals surface area contributed by atoms with Crippen LogP contribution in [-0.2, 0) is 14.3 Å². The number of carbonyl (C=O) groups excluding carboxylic acids is 3. The summed E-state index contributed by atoms with van der Waals surface area (Å²) in [5.74, 6) is -0.736. The monoisotopic (exact) mass is 472 g/mol. The van der Waals surface area contributed by atoms with Crippen molar-refractivity contribution >= 4 is 45.5 Å². The van der Waals surface area contributed by atoms with Crippen molar-refractivity contribution in [3.63, 3.8) is 0 Å². The maximum atomic E-state index is 12.1. The summed E-state index contributed by atoms with van der Waals surface area (Å²) in [7, 11) is 1.54. The number of rotatable bonds is 8. The second-order valence-corrected chi connectivity index (χ2v) is 7.62. The fraction of sp³-hybridized carbons (Fsp3) is 0.227. The predicted molar refractivity (Wildman–Crippen MR) is 116 cm³/mol. The molecule has 1 aliphatic carbocycles. The molecule has 7 nitrogen and oxygen atoms in total. The van der Waals surface area contributed by atoms with Gasteiger partial charge in [0.2, 0.25) is 0 Å². The molecule has 1 aliphatic rings. The van der Waals surface area contributed by atoms with E-state index in [0.717, 1.165) is 17.3 Å². The maximum absolute atomic E-state index is 12.1. The van der Waals surface area contributed by atoms with Crippen LogP contribution in [0.25, 0.3) is 6.08 Å². The maximum Gasteiger partial charge on any atom is 0.331 e. The molecule has 0 bridgehead atoms. The smallest absolute Gasteiger partial charge is 0.331 e. The SMILES string of the molecule is COc1ccc(Br)cc1/C=C/C(=O)OCC(=O)Nc1cccc(C(=O)NC2CC2)c1. The van der Waals surface area contributed by atoms with Gasteiger partial charge in [0.05, 0.1) is 7.11 Å². The lowest BCUT2D eigenvalue weighted by Crippen LogP contribution is -2.25. The highest BCUT2D eigenvalue weighted by atomic mass is 79.9. The van der Waals surface area contributed by atoms with Crippen LogP contribution in [0.15, 0.2) is 53.0 Å². The zero-order chi connectivity index (χ0) is 21.5. The van der Waals surface area contributed by atoms with E-state index < -0.39 is 18.5 Å². The summed E-state index contributed by atoms with van der Waals surface area (Å²) in [6.45, 7) is -0.447. The van der Waals surface area contributed by atoms with E-state index >= 15 is 0 Å². The average molecular weight is 473 g/mol. The van der Waals surface area contributed by atoms with E-state index in [1.807, 2.05) is 6.07 Å². The van der Waals surface area contributed by atoms with E-state index in [2.05, 4.69) is 26.6 Å². The minimum Gasteiger partial charge on any atom is -0.496 e. The number of benzene rings is 2. The van der Waals surface area contributed by atoms with E-state index in [-0.39, 0.29) is 11.9 Å². The van der Waals surface area contributed by atoms with Crippen LogP contribution in [0.3, 0.4) is 0 Å². The lowest BCUT2D eigenvalue weighted by Gasteiger charge is -2.08. The molecule has 0 heterocycles. The van der Waals surface area contributed by atoms with Crippen molar-refractivity contribution in [1.82, 2.24) is 5.32 Å². The Morgan fingerprint density at radius 1 is 1.17 bits per heavy atom. The summed E-state index contributed by atoms with van der Waals surface area (Å²) in [5, 5.41) is 5.50. The van der Waals surface area contributed by atoms with Crippen LogP contribution < -0.4 is 15.4 Å². The number of anilines is 1. The van der Waals surface area contributed by atoms with Crippen molar-refractivity contribution in [3.05, 3.63) is 64.1 Å². The lowest BCUT2D eigenvalue weighted by atomic mass is 10.2. The number of methoxy groups -OCH3 is 1. The van der Waals surface area contributed by atoms with Crippen LogP contribution in [0.4, 0.5) is 5.69 Å². The van der Waals surface area contributed by atoms with Crippen LogP contribution in [0.1, 0.15) is 28.8 Å². The summed E-state index contributed by atoms with van der Waals surface area (Å²) < 4.78 is 11.0. The van der Waals surface area contributed by atoms with E-state index in [4.69, 9.17) is 9.47 Å². The molecule has 1 saturated carbocycles. The van der Waals surface area contributed by atoms with E-state index in [9.17, 15) is 14.4 Å². The Morgan fingerprint density at radius 3 is 2.70 bits per heavy atom. The summed E-state index contributed by atoms with van der Waals surface area (Å²) in [4.78, 5) is 36.1. The van der Waals surface area contributed by atoms with Crippen molar-refractivity contribution in [2.45, 2.75) is 18.9 Å². The second-order valence-electron chi connectivity index (χ2n) is 6.70. The van der Waals surface area contributed by atoms with Gasteiger partial charge in [0.15, 0.2) is 6.61 Å². The molecule has 30 heavy (non-hydrogen) atoms. The molecule has 3 rings (SSSR count). The van der Waals surface area contributed by atoms with Gasteiger partial charge in [-0.05, 0) is 55.3 Å². The van der Waals surface area contributed by atoms with Gasteiger partial charge in [-0.3, -0.25) is 9.59 Å².